The number of rotatable bonds is 7. The van der Waals surface area contributed by atoms with E-state index in [0.717, 1.165) is 45.9 Å². The van der Waals surface area contributed by atoms with Crippen LogP contribution in [0.25, 0.3) is 5.57 Å². The lowest BCUT2D eigenvalue weighted by molar-refractivity contribution is 1.07. The van der Waals surface area contributed by atoms with Gasteiger partial charge in [0.1, 0.15) is 0 Å². The van der Waals surface area contributed by atoms with E-state index in [0.29, 0.717) is 5.69 Å². The third-order valence-electron chi connectivity index (χ3n) is 4.03. The Morgan fingerprint density at radius 3 is 2.24 bits per heavy atom. The zero-order valence-electron chi connectivity index (χ0n) is 14.7. The summed E-state index contributed by atoms with van der Waals surface area (Å²) in [7, 11) is 1.84. The smallest absolute Gasteiger partial charge is 0.0727 e. The van der Waals surface area contributed by atoms with Gasteiger partial charge >= 0.3 is 0 Å². The molecule has 0 unspecified atom stereocenters. The molecule has 2 aromatic rings. The van der Waals surface area contributed by atoms with E-state index in [2.05, 4.69) is 22.6 Å². The van der Waals surface area contributed by atoms with Crippen molar-refractivity contribution in [3.63, 3.8) is 0 Å². The van der Waals surface area contributed by atoms with Gasteiger partial charge in [-0.25, -0.2) is 0 Å². The second-order valence-corrected chi connectivity index (χ2v) is 5.56. The summed E-state index contributed by atoms with van der Waals surface area (Å²) in [6.45, 7) is 5.70. The minimum Gasteiger partial charge on any atom is -0.402 e. The van der Waals surface area contributed by atoms with Crippen LogP contribution in [0.1, 0.15) is 24.5 Å². The number of nitrogens with one attached hydrogen (secondary N) is 3. The second kappa shape index (κ2) is 8.12. The van der Waals surface area contributed by atoms with Crippen molar-refractivity contribution >= 4 is 28.3 Å². The van der Waals surface area contributed by atoms with Gasteiger partial charge < -0.3 is 27.5 Å². The fourth-order valence-corrected chi connectivity index (χ4v) is 2.72. The normalized spacial score (nSPS) is 11.5. The first-order valence-electron chi connectivity index (χ1n) is 8.10. The number of anilines is 4. The largest absolute Gasteiger partial charge is 0.402 e. The van der Waals surface area contributed by atoms with Gasteiger partial charge in [-0.05, 0) is 48.0 Å². The van der Waals surface area contributed by atoms with Crippen LogP contribution >= 0.6 is 0 Å². The molecule has 0 heterocycles. The number of allylic oxidation sites excluding steroid dienone is 1. The number of hydrazine groups is 1. The Bertz CT molecular complexity index is 794. The molecular formula is C19H26N6. The van der Waals surface area contributed by atoms with Crippen LogP contribution in [-0.4, -0.2) is 7.05 Å². The van der Waals surface area contributed by atoms with Gasteiger partial charge in [0, 0.05) is 18.3 Å². The van der Waals surface area contributed by atoms with Crippen LogP contribution < -0.4 is 33.4 Å². The van der Waals surface area contributed by atoms with Crippen LogP contribution in [0, 0.1) is 0 Å². The van der Waals surface area contributed by atoms with Crippen molar-refractivity contribution in [1.82, 2.24) is 0 Å². The molecule has 0 spiro atoms. The van der Waals surface area contributed by atoms with Crippen LogP contribution in [0.4, 0.5) is 22.7 Å². The van der Waals surface area contributed by atoms with Gasteiger partial charge in [0.15, 0.2) is 0 Å². The first-order chi connectivity index (χ1) is 12.0. The molecule has 0 aliphatic carbocycles. The molecule has 2 rings (SSSR count). The van der Waals surface area contributed by atoms with Gasteiger partial charge in [-0.3, -0.25) is 5.84 Å². The highest BCUT2D eigenvalue weighted by molar-refractivity contribution is 5.87. The molecule has 0 aromatic heterocycles. The van der Waals surface area contributed by atoms with Gasteiger partial charge in [0.2, 0.25) is 0 Å². The number of benzene rings is 2. The number of hydrogen-bond donors (Lipinski definition) is 6. The average Bonchev–Trinajstić information content (AvgIpc) is 2.63. The molecule has 9 N–H and O–H groups in total. The number of nitrogen functional groups attached to an aromatic ring is 2. The molecule has 0 saturated carbocycles. The summed E-state index contributed by atoms with van der Waals surface area (Å²) in [6, 6.07) is 11.8. The van der Waals surface area contributed by atoms with E-state index in [1.165, 1.54) is 0 Å². The van der Waals surface area contributed by atoms with Crippen LogP contribution in [-0.2, 0) is 0 Å². The fourth-order valence-electron chi connectivity index (χ4n) is 2.72. The zero-order chi connectivity index (χ0) is 18.4. The van der Waals surface area contributed by atoms with Gasteiger partial charge in [0.05, 0.1) is 22.7 Å². The molecule has 0 atom stereocenters. The first-order valence-corrected chi connectivity index (χ1v) is 8.10. The summed E-state index contributed by atoms with van der Waals surface area (Å²) in [6.07, 6.45) is 2.32. The maximum atomic E-state index is 6.33. The second-order valence-electron chi connectivity index (χ2n) is 5.56. The van der Waals surface area contributed by atoms with E-state index < -0.39 is 0 Å². The Balaban J connectivity index is 2.60. The van der Waals surface area contributed by atoms with Crippen molar-refractivity contribution < 1.29 is 0 Å². The lowest BCUT2D eigenvalue weighted by atomic mass is 9.93. The summed E-state index contributed by atoms with van der Waals surface area (Å²) in [5.41, 5.74) is 21.9. The Hall–Kier alpha value is -3.12. The molecular weight excluding hydrogens is 312 g/mol. The van der Waals surface area contributed by atoms with Crippen molar-refractivity contribution in [2.75, 3.05) is 28.8 Å². The van der Waals surface area contributed by atoms with E-state index in [4.69, 9.17) is 17.3 Å². The van der Waals surface area contributed by atoms with E-state index >= 15 is 0 Å². The summed E-state index contributed by atoms with van der Waals surface area (Å²) < 4.78 is 0. The van der Waals surface area contributed by atoms with Crippen molar-refractivity contribution in [3.8, 4) is 0 Å². The molecule has 0 bridgehead atoms. The van der Waals surface area contributed by atoms with Gasteiger partial charge in [-0.1, -0.05) is 25.6 Å². The van der Waals surface area contributed by atoms with Gasteiger partial charge in [-0.2, -0.15) is 0 Å². The fraction of sp³-hybridized carbons (Fsp3) is 0.158. The molecule has 132 valence electrons. The molecule has 0 radical (unpaired) electrons. The van der Waals surface area contributed by atoms with Crippen LogP contribution in [0.15, 0.2) is 54.9 Å². The number of nitrogens with two attached hydrogens (primary N) is 3. The SMILES string of the molecule is C=CNc1ccc(/C(=C(/N)CC)c2ccc(NC)c(N)c2)cc1NN. The van der Waals surface area contributed by atoms with Gasteiger partial charge in [-0.15, -0.1) is 0 Å². The molecule has 6 heteroatoms. The minimum absolute atomic E-state index is 0.670. The highest BCUT2D eigenvalue weighted by Gasteiger charge is 2.13. The lowest BCUT2D eigenvalue weighted by Gasteiger charge is -2.17. The van der Waals surface area contributed by atoms with E-state index in [-0.39, 0.29) is 0 Å². The lowest BCUT2D eigenvalue weighted by Crippen LogP contribution is -2.10. The summed E-state index contributed by atoms with van der Waals surface area (Å²) in [5.74, 6) is 5.66. The number of hydrogen-bond acceptors (Lipinski definition) is 6. The molecule has 25 heavy (non-hydrogen) atoms. The Labute approximate surface area is 148 Å². The van der Waals surface area contributed by atoms with Crippen molar-refractivity contribution in [1.29, 1.82) is 0 Å². The topological polar surface area (TPSA) is 114 Å². The summed E-state index contributed by atoms with van der Waals surface area (Å²) >= 11 is 0. The zero-order valence-corrected chi connectivity index (χ0v) is 14.7. The van der Waals surface area contributed by atoms with Crippen LogP contribution in [0.2, 0.25) is 0 Å². The average molecular weight is 338 g/mol. The van der Waals surface area contributed by atoms with E-state index in [9.17, 15) is 0 Å². The van der Waals surface area contributed by atoms with Crippen LogP contribution in [0.3, 0.4) is 0 Å². The highest BCUT2D eigenvalue weighted by Crippen LogP contribution is 2.33. The van der Waals surface area contributed by atoms with Crippen LogP contribution in [0.5, 0.6) is 0 Å². The Kier molecular flexibility index (Phi) is 5.92. The predicted molar refractivity (Wildman–Crippen MR) is 109 cm³/mol. The van der Waals surface area contributed by atoms with Crippen molar-refractivity contribution in [2.24, 2.45) is 11.6 Å². The monoisotopic (exact) mass is 338 g/mol. The quantitative estimate of drug-likeness (QED) is 0.262. The Morgan fingerprint density at radius 1 is 1.08 bits per heavy atom. The standard InChI is InChI=1S/C19H26N6/c1-4-14(20)19(12-6-8-16(23-3)15(21)10-12)13-7-9-17(24-5-2)18(11-13)25-22/h5-11,23-25H,2,4,20-22H2,1,3H3/b19-14+. The molecule has 0 saturated heterocycles. The molecule has 0 aliphatic rings. The molecule has 0 aliphatic heterocycles. The predicted octanol–water partition coefficient (Wildman–Crippen LogP) is 3.28. The maximum Gasteiger partial charge on any atom is 0.0727 e. The Morgan fingerprint density at radius 2 is 1.72 bits per heavy atom. The third kappa shape index (κ3) is 3.87. The first kappa shape index (κ1) is 18.2. The van der Waals surface area contributed by atoms with E-state index in [1.54, 1.807) is 6.20 Å². The minimum atomic E-state index is 0.670. The van der Waals surface area contributed by atoms with Crippen molar-refractivity contribution in [3.05, 3.63) is 66.0 Å². The van der Waals surface area contributed by atoms with E-state index in [1.807, 2.05) is 50.4 Å². The third-order valence-corrected chi connectivity index (χ3v) is 4.03. The molecule has 2 aromatic carbocycles. The molecule has 6 nitrogen and oxygen atoms in total. The van der Waals surface area contributed by atoms with Crippen molar-refractivity contribution in [2.45, 2.75) is 13.3 Å². The summed E-state index contributed by atoms with van der Waals surface area (Å²) in [5, 5.41) is 6.11. The highest BCUT2D eigenvalue weighted by atomic mass is 15.2. The summed E-state index contributed by atoms with van der Waals surface area (Å²) in [4.78, 5) is 0. The molecule has 0 amide bonds. The van der Waals surface area contributed by atoms with Gasteiger partial charge in [0.25, 0.3) is 0 Å². The molecule has 0 fully saturated rings. The maximum absolute atomic E-state index is 6.33.